The zero-order valence-corrected chi connectivity index (χ0v) is 20.8. The summed E-state index contributed by atoms with van der Waals surface area (Å²) in [6.45, 7) is 4.55. The number of allylic oxidation sites excluding steroid dienone is 1. The van der Waals surface area contributed by atoms with Gasteiger partial charge in [-0.25, -0.2) is 4.98 Å². The number of para-hydroxylation sites is 1. The Bertz CT molecular complexity index is 1340. The highest BCUT2D eigenvalue weighted by molar-refractivity contribution is 7.99. The Kier molecular flexibility index (Phi) is 7.32. The predicted molar refractivity (Wildman–Crippen MR) is 138 cm³/mol. The molecule has 9 heteroatoms. The van der Waals surface area contributed by atoms with Crippen LogP contribution in [0.4, 0.5) is 0 Å². The largest absolute Gasteiger partial charge is 0.496 e. The van der Waals surface area contributed by atoms with Crippen LogP contribution in [0.5, 0.6) is 5.75 Å². The summed E-state index contributed by atoms with van der Waals surface area (Å²) < 4.78 is 6.98. The first-order valence-electron chi connectivity index (χ1n) is 10.2. The number of methoxy groups -OCH3 is 1. The molecular formula is C24H23N3O3S3. The highest BCUT2D eigenvalue weighted by atomic mass is 32.2. The molecule has 0 aliphatic rings. The van der Waals surface area contributed by atoms with Gasteiger partial charge in [-0.3, -0.25) is 14.2 Å². The summed E-state index contributed by atoms with van der Waals surface area (Å²) in [6.07, 6.45) is 1.67. The van der Waals surface area contributed by atoms with Crippen molar-refractivity contribution in [3.05, 3.63) is 75.7 Å². The molecule has 3 aromatic heterocycles. The van der Waals surface area contributed by atoms with E-state index in [2.05, 4.69) is 6.58 Å². The Labute approximate surface area is 204 Å². The zero-order valence-electron chi connectivity index (χ0n) is 18.3. The molecule has 0 atom stereocenters. The average molecular weight is 498 g/mol. The lowest BCUT2D eigenvalue weighted by Gasteiger charge is -2.19. The van der Waals surface area contributed by atoms with Crippen molar-refractivity contribution >= 4 is 50.6 Å². The number of benzene rings is 1. The molecule has 0 radical (unpaired) electrons. The minimum Gasteiger partial charge on any atom is -0.496 e. The smallest absolute Gasteiger partial charge is 0.263 e. The van der Waals surface area contributed by atoms with Gasteiger partial charge >= 0.3 is 0 Å². The fraction of sp³-hybridized carbons (Fsp3) is 0.208. The highest BCUT2D eigenvalue weighted by Gasteiger charge is 2.19. The number of aromatic nitrogens is 2. The van der Waals surface area contributed by atoms with Gasteiger partial charge in [0.1, 0.15) is 10.6 Å². The SMILES string of the molecule is C=CCn1c(SCC(=O)N(C)Cc2ccccc2OC)nc2scc(-c3cccs3)c2c1=O. The Balaban J connectivity index is 1.57. The van der Waals surface area contributed by atoms with Crippen molar-refractivity contribution in [2.45, 2.75) is 18.2 Å². The molecule has 33 heavy (non-hydrogen) atoms. The molecule has 4 aromatic rings. The van der Waals surface area contributed by atoms with E-state index in [0.29, 0.717) is 28.5 Å². The monoisotopic (exact) mass is 497 g/mol. The van der Waals surface area contributed by atoms with E-state index in [1.54, 1.807) is 41.0 Å². The second kappa shape index (κ2) is 10.4. The van der Waals surface area contributed by atoms with E-state index in [4.69, 9.17) is 9.72 Å². The number of carbonyl (C=O) groups excluding carboxylic acids is 1. The van der Waals surface area contributed by atoms with Gasteiger partial charge in [-0.1, -0.05) is 42.1 Å². The van der Waals surface area contributed by atoms with E-state index >= 15 is 0 Å². The summed E-state index contributed by atoms with van der Waals surface area (Å²) >= 11 is 4.31. The third-order valence-corrected chi connectivity index (χ3v) is 7.84. The quantitative estimate of drug-likeness (QED) is 0.182. The van der Waals surface area contributed by atoms with E-state index in [-0.39, 0.29) is 17.2 Å². The van der Waals surface area contributed by atoms with Crippen molar-refractivity contribution in [1.82, 2.24) is 14.5 Å². The first kappa shape index (κ1) is 23.3. The molecule has 1 aromatic carbocycles. The zero-order chi connectivity index (χ0) is 23.4. The lowest BCUT2D eigenvalue weighted by molar-refractivity contribution is -0.127. The van der Waals surface area contributed by atoms with Gasteiger partial charge in [-0.05, 0) is 17.5 Å². The third kappa shape index (κ3) is 4.90. The van der Waals surface area contributed by atoms with Gasteiger partial charge in [-0.2, -0.15) is 0 Å². The molecule has 1 amide bonds. The lowest BCUT2D eigenvalue weighted by atomic mass is 10.2. The van der Waals surface area contributed by atoms with Gasteiger partial charge in [0.05, 0.1) is 18.2 Å². The molecule has 0 N–H and O–H groups in total. The van der Waals surface area contributed by atoms with E-state index < -0.39 is 0 Å². The van der Waals surface area contributed by atoms with E-state index in [9.17, 15) is 9.59 Å². The van der Waals surface area contributed by atoms with Crippen LogP contribution >= 0.6 is 34.4 Å². The van der Waals surface area contributed by atoms with E-state index in [1.807, 2.05) is 47.2 Å². The van der Waals surface area contributed by atoms with Crippen molar-refractivity contribution in [2.75, 3.05) is 19.9 Å². The van der Waals surface area contributed by atoms with Crippen LogP contribution in [0.3, 0.4) is 0 Å². The maximum Gasteiger partial charge on any atom is 0.263 e. The molecule has 0 saturated heterocycles. The molecule has 0 aliphatic carbocycles. The molecule has 0 fully saturated rings. The van der Waals surface area contributed by atoms with Crippen LogP contribution in [0.1, 0.15) is 5.56 Å². The second-order valence-corrected chi connectivity index (χ2v) is 10.0. The number of thioether (sulfide) groups is 1. The van der Waals surface area contributed by atoms with Gasteiger partial charge in [0.15, 0.2) is 5.16 Å². The molecule has 0 bridgehead atoms. The number of hydrogen-bond donors (Lipinski definition) is 0. The average Bonchev–Trinajstić information content (AvgIpc) is 3.50. The third-order valence-electron chi connectivity index (χ3n) is 5.11. The summed E-state index contributed by atoms with van der Waals surface area (Å²) in [5.74, 6) is 0.857. The summed E-state index contributed by atoms with van der Waals surface area (Å²) in [7, 11) is 3.38. The Hall–Kier alpha value is -2.88. The van der Waals surface area contributed by atoms with Crippen molar-refractivity contribution in [3.8, 4) is 16.2 Å². The summed E-state index contributed by atoms with van der Waals surface area (Å²) in [5.41, 5.74) is 1.73. The number of nitrogens with zero attached hydrogens (tertiary/aromatic N) is 3. The van der Waals surface area contributed by atoms with Gasteiger partial charge in [0, 0.05) is 41.5 Å². The van der Waals surface area contributed by atoms with E-state index in [1.165, 1.54) is 23.1 Å². The lowest BCUT2D eigenvalue weighted by Crippen LogP contribution is -2.29. The fourth-order valence-corrected chi connectivity index (χ4v) is 6.18. The summed E-state index contributed by atoms with van der Waals surface area (Å²) in [5, 5.41) is 5.11. The molecule has 0 saturated carbocycles. The van der Waals surface area contributed by atoms with E-state index in [0.717, 1.165) is 21.8 Å². The molecule has 0 aliphatic heterocycles. The Morgan fingerprint density at radius 3 is 2.82 bits per heavy atom. The Morgan fingerprint density at radius 1 is 1.27 bits per heavy atom. The summed E-state index contributed by atoms with van der Waals surface area (Å²) in [6, 6.07) is 11.6. The highest BCUT2D eigenvalue weighted by Crippen LogP contribution is 2.34. The van der Waals surface area contributed by atoms with Crippen molar-refractivity contribution in [2.24, 2.45) is 0 Å². The number of thiophene rings is 2. The maximum atomic E-state index is 13.4. The van der Waals surface area contributed by atoms with Crippen LogP contribution < -0.4 is 10.3 Å². The molecule has 0 spiro atoms. The van der Waals surface area contributed by atoms with Gasteiger partial charge in [0.25, 0.3) is 5.56 Å². The molecule has 3 heterocycles. The van der Waals surface area contributed by atoms with Gasteiger partial charge < -0.3 is 9.64 Å². The van der Waals surface area contributed by atoms with Crippen LogP contribution in [0.2, 0.25) is 0 Å². The predicted octanol–water partition coefficient (Wildman–Crippen LogP) is 5.13. The summed E-state index contributed by atoms with van der Waals surface area (Å²) in [4.78, 5) is 34.3. The number of fused-ring (bicyclic) bond motifs is 1. The second-order valence-electron chi connectivity index (χ2n) is 7.26. The van der Waals surface area contributed by atoms with Crippen molar-refractivity contribution in [3.63, 3.8) is 0 Å². The standard InChI is InChI=1S/C24H23N3O3S3/c1-4-11-27-23(29)21-17(19-10-7-12-31-19)14-32-22(21)25-24(27)33-15-20(28)26(2)13-16-8-5-6-9-18(16)30-3/h4-10,12,14H,1,11,13,15H2,2-3H3. The number of hydrogen-bond acceptors (Lipinski definition) is 7. The number of amides is 1. The van der Waals surface area contributed by atoms with Gasteiger partial charge in [-0.15, -0.1) is 29.3 Å². The van der Waals surface area contributed by atoms with Crippen molar-refractivity contribution < 1.29 is 9.53 Å². The fourth-order valence-electron chi connectivity index (χ4n) is 3.43. The molecule has 4 rings (SSSR count). The molecule has 6 nitrogen and oxygen atoms in total. The van der Waals surface area contributed by atoms with Crippen LogP contribution in [0, 0.1) is 0 Å². The maximum absolute atomic E-state index is 13.4. The first-order chi connectivity index (χ1) is 16.0. The molecule has 170 valence electrons. The van der Waals surface area contributed by atoms with Gasteiger partial charge in [0.2, 0.25) is 5.91 Å². The number of rotatable bonds is 9. The molecular weight excluding hydrogens is 474 g/mol. The molecule has 0 unspecified atom stereocenters. The minimum absolute atomic E-state index is 0.0594. The Morgan fingerprint density at radius 2 is 2.09 bits per heavy atom. The van der Waals surface area contributed by atoms with Crippen LogP contribution in [-0.4, -0.2) is 40.3 Å². The number of ether oxygens (including phenoxy) is 1. The first-order valence-corrected chi connectivity index (χ1v) is 12.9. The van der Waals surface area contributed by atoms with Crippen LogP contribution in [-0.2, 0) is 17.9 Å². The normalized spacial score (nSPS) is 11.0. The minimum atomic E-state index is -0.109. The topological polar surface area (TPSA) is 64.4 Å². The van der Waals surface area contributed by atoms with Crippen LogP contribution in [0.15, 0.2) is 69.8 Å². The van der Waals surface area contributed by atoms with Crippen molar-refractivity contribution in [1.29, 1.82) is 0 Å². The number of carbonyl (C=O) groups is 1. The van der Waals surface area contributed by atoms with Crippen LogP contribution in [0.25, 0.3) is 20.7 Å².